The summed E-state index contributed by atoms with van der Waals surface area (Å²) >= 11 is 0. The first-order valence-corrected chi connectivity index (χ1v) is 6.22. The number of amides is 1. The molecular formula is C13H16FN5O. The second-order valence-electron chi connectivity index (χ2n) is 4.50. The Bertz CT molecular complexity index is 596. The maximum Gasteiger partial charge on any atom is 0.242 e. The summed E-state index contributed by atoms with van der Waals surface area (Å²) in [5.41, 5.74) is 6.71. The van der Waals surface area contributed by atoms with Crippen molar-refractivity contribution < 1.29 is 9.18 Å². The SMILES string of the molecule is CC(N)c1cn(CC(=O)NCc2ccccc2F)nn1. The molecule has 1 aromatic heterocycles. The summed E-state index contributed by atoms with van der Waals surface area (Å²) in [5.74, 6) is -0.609. The number of halogens is 1. The topological polar surface area (TPSA) is 85.8 Å². The lowest BCUT2D eigenvalue weighted by Gasteiger charge is -2.06. The minimum absolute atomic E-state index is 0.0220. The smallest absolute Gasteiger partial charge is 0.242 e. The highest BCUT2D eigenvalue weighted by molar-refractivity contribution is 5.75. The average Bonchev–Trinajstić information content (AvgIpc) is 2.86. The van der Waals surface area contributed by atoms with Crippen LogP contribution in [-0.2, 0) is 17.9 Å². The van der Waals surface area contributed by atoms with Crippen molar-refractivity contribution in [3.63, 3.8) is 0 Å². The second-order valence-corrected chi connectivity index (χ2v) is 4.50. The van der Waals surface area contributed by atoms with Crippen LogP contribution in [0.3, 0.4) is 0 Å². The zero-order valence-electron chi connectivity index (χ0n) is 11.1. The number of nitrogens with zero attached hydrogens (tertiary/aromatic N) is 3. The van der Waals surface area contributed by atoms with Gasteiger partial charge in [-0.15, -0.1) is 5.10 Å². The van der Waals surface area contributed by atoms with Crippen molar-refractivity contribution in [3.05, 3.63) is 47.5 Å². The Morgan fingerprint density at radius 1 is 1.50 bits per heavy atom. The molecule has 20 heavy (non-hydrogen) atoms. The number of nitrogens with one attached hydrogen (secondary N) is 1. The van der Waals surface area contributed by atoms with Crippen molar-refractivity contribution in [3.8, 4) is 0 Å². The standard InChI is InChI=1S/C13H16FN5O/c1-9(15)12-7-19(18-17-12)8-13(20)16-6-10-4-2-3-5-11(10)14/h2-5,7,9H,6,8,15H2,1H3,(H,16,20). The second kappa shape index (κ2) is 6.25. The predicted molar refractivity (Wildman–Crippen MR) is 70.9 cm³/mol. The van der Waals surface area contributed by atoms with Crippen molar-refractivity contribution in [1.82, 2.24) is 20.3 Å². The third kappa shape index (κ3) is 3.61. The van der Waals surface area contributed by atoms with Gasteiger partial charge in [0.2, 0.25) is 5.91 Å². The number of benzene rings is 1. The van der Waals surface area contributed by atoms with Crippen molar-refractivity contribution in [2.24, 2.45) is 5.73 Å². The Balaban J connectivity index is 1.88. The number of aromatic nitrogens is 3. The maximum atomic E-state index is 13.4. The van der Waals surface area contributed by atoms with Crippen LogP contribution in [0.5, 0.6) is 0 Å². The first-order valence-electron chi connectivity index (χ1n) is 6.22. The highest BCUT2D eigenvalue weighted by Gasteiger charge is 2.09. The third-order valence-corrected chi connectivity index (χ3v) is 2.76. The molecule has 106 valence electrons. The van der Waals surface area contributed by atoms with Crippen LogP contribution in [0, 0.1) is 5.82 Å². The zero-order valence-corrected chi connectivity index (χ0v) is 11.1. The highest BCUT2D eigenvalue weighted by Crippen LogP contribution is 2.06. The molecule has 0 aliphatic carbocycles. The molecule has 0 bridgehead atoms. The molecule has 6 nitrogen and oxygen atoms in total. The van der Waals surface area contributed by atoms with Gasteiger partial charge in [-0.25, -0.2) is 9.07 Å². The van der Waals surface area contributed by atoms with E-state index in [9.17, 15) is 9.18 Å². The fraction of sp³-hybridized carbons (Fsp3) is 0.308. The molecule has 7 heteroatoms. The van der Waals surface area contributed by atoms with Gasteiger partial charge < -0.3 is 11.1 Å². The van der Waals surface area contributed by atoms with Crippen molar-refractivity contribution in [2.45, 2.75) is 26.1 Å². The van der Waals surface area contributed by atoms with Crippen LogP contribution in [0.1, 0.15) is 24.2 Å². The fourth-order valence-electron chi connectivity index (χ4n) is 1.64. The minimum atomic E-state index is -0.340. The van der Waals surface area contributed by atoms with Crippen LogP contribution in [0.25, 0.3) is 0 Å². The Hall–Kier alpha value is -2.28. The zero-order chi connectivity index (χ0) is 14.5. The number of hydrogen-bond acceptors (Lipinski definition) is 4. The van der Waals surface area contributed by atoms with Gasteiger partial charge in [0.1, 0.15) is 12.4 Å². The highest BCUT2D eigenvalue weighted by atomic mass is 19.1. The molecule has 0 radical (unpaired) electrons. The number of rotatable bonds is 5. The first kappa shape index (κ1) is 14.1. The van der Waals surface area contributed by atoms with Crippen LogP contribution in [0.2, 0.25) is 0 Å². The van der Waals surface area contributed by atoms with Gasteiger partial charge >= 0.3 is 0 Å². The summed E-state index contributed by atoms with van der Waals surface area (Å²) in [7, 11) is 0. The summed E-state index contributed by atoms with van der Waals surface area (Å²) < 4.78 is 14.8. The lowest BCUT2D eigenvalue weighted by atomic mass is 10.2. The lowest BCUT2D eigenvalue weighted by Crippen LogP contribution is -2.27. The van der Waals surface area contributed by atoms with Gasteiger partial charge in [-0.3, -0.25) is 4.79 Å². The summed E-state index contributed by atoms with van der Waals surface area (Å²) in [6.45, 7) is 1.95. The molecule has 1 unspecified atom stereocenters. The molecule has 0 saturated carbocycles. The molecule has 0 aliphatic heterocycles. The van der Waals surface area contributed by atoms with Crippen LogP contribution in [0.4, 0.5) is 4.39 Å². The first-order chi connectivity index (χ1) is 9.56. The molecule has 2 rings (SSSR count). The van der Waals surface area contributed by atoms with E-state index in [1.807, 2.05) is 0 Å². The monoisotopic (exact) mass is 277 g/mol. The molecule has 0 spiro atoms. The van der Waals surface area contributed by atoms with E-state index in [0.29, 0.717) is 11.3 Å². The van der Waals surface area contributed by atoms with Crippen LogP contribution >= 0.6 is 0 Å². The van der Waals surface area contributed by atoms with Crippen LogP contribution in [-0.4, -0.2) is 20.9 Å². The van der Waals surface area contributed by atoms with E-state index in [2.05, 4.69) is 15.6 Å². The quantitative estimate of drug-likeness (QED) is 0.844. The van der Waals surface area contributed by atoms with E-state index in [1.54, 1.807) is 31.3 Å². The van der Waals surface area contributed by atoms with E-state index in [4.69, 9.17) is 5.73 Å². The van der Waals surface area contributed by atoms with E-state index >= 15 is 0 Å². The average molecular weight is 277 g/mol. The minimum Gasteiger partial charge on any atom is -0.350 e. The molecule has 3 N–H and O–H groups in total. The van der Waals surface area contributed by atoms with Gasteiger partial charge in [-0.2, -0.15) is 0 Å². The fourth-order valence-corrected chi connectivity index (χ4v) is 1.64. The van der Waals surface area contributed by atoms with Crippen LogP contribution in [0.15, 0.2) is 30.5 Å². The van der Waals surface area contributed by atoms with Crippen molar-refractivity contribution in [2.75, 3.05) is 0 Å². The normalized spacial score (nSPS) is 12.2. The summed E-state index contributed by atoms with van der Waals surface area (Å²) in [6.07, 6.45) is 1.62. The van der Waals surface area contributed by atoms with E-state index in [1.165, 1.54) is 10.7 Å². The largest absolute Gasteiger partial charge is 0.350 e. The number of nitrogens with two attached hydrogens (primary N) is 1. The molecule has 0 saturated heterocycles. The van der Waals surface area contributed by atoms with Gasteiger partial charge in [-0.1, -0.05) is 23.4 Å². The van der Waals surface area contributed by atoms with Gasteiger partial charge in [0.15, 0.2) is 0 Å². The summed E-state index contributed by atoms with van der Waals surface area (Å²) in [6, 6.07) is 6.07. The lowest BCUT2D eigenvalue weighted by molar-refractivity contribution is -0.122. The summed E-state index contributed by atoms with van der Waals surface area (Å²) in [4.78, 5) is 11.7. The maximum absolute atomic E-state index is 13.4. The molecule has 2 aromatic rings. The molecular weight excluding hydrogens is 261 g/mol. The Labute approximate surface area is 115 Å². The Kier molecular flexibility index (Phi) is 4.41. The van der Waals surface area contributed by atoms with E-state index in [0.717, 1.165) is 0 Å². The van der Waals surface area contributed by atoms with Gasteiger partial charge in [0.05, 0.1) is 11.9 Å². The van der Waals surface area contributed by atoms with Gasteiger partial charge in [0.25, 0.3) is 0 Å². The van der Waals surface area contributed by atoms with Gasteiger partial charge in [0, 0.05) is 18.2 Å². The number of carbonyl (C=O) groups excluding carboxylic acids is 1. The molecule has 0 aliphatic rings. The number of hydrogen-bond donors (Lipinski definition) is 2. The Morgan fingerprint density at radius 2 is 2.25 bits per heavy atom. The van der Waals surface area contributed by atoms with Crippen LogP contribution < -0.4 is 11.1 Å². The Morgan fingerprint density at radius 3 is 2.90 bits per heavy atom. The number of carbonyl (C=O) groups is 1. The van der Waals surface area contributed by atoms with E-state index < -0.39 is 0 Å². The third-order valence-electron chi connectivity index (χ3n) is 2.76. The van der Waals surface area contributed by atoms with Gasteiger partial charge in [-0.05, 0) is 13.0 Å². The molecule has 0 fully saturated rings. The molecule has 1 aromatic carbocycles. The molecule has 1 heterocycles. The van der Waals surface area contributed by atoms with Crippen molar-refractivity contribution >= 4 is 5.91 Å². The van der Waals surface area contributed by atoms with E-state index in [-0.39, 0.29) is 30.9 Å². The van der Waals surface area contributed by atoms with Crippen molar-refractivity contribution in [1.29, 1.82) is 0 Å². The molecule has 1 atom stereocenters. The predicted octanol–water partition coefficient (Wildman–Crippen LogP) is 0.753. The molecule has 1 amide bonds. The summed E-state index contributed by atoms with van der Waals surface area (Å²) in [5, 5.41) is 10.3.